The smallest absolute Gasteiger partial charge is 0.122 e. The predicted molar refractivity (Wildman–Crippen MR) is 510 cm³/mol. The summed E-state index contributed by atoms with van der Waals surface area (Å²) in [6.07, 6.45) is 8.89. The van der Waals surface area contributed by atoms with Gasteiger partial charge in [0.2, 0.25) is 0 Å². The van der Waals surface area contributed by atoms with Crippen LogP contribution in [0.15, 0.2) is 231 Å². The molecule has 0 aromatic heterocycles. The number of hydrogen-bond acceptors (Lipinski definition) is 13. The molecule has 13 nitrogen and oxygen atoms in total. The Hall–Kier alpha value is -8.40. The van der Waals surface area contributed by atoms with Crippen LogP contribution >= 0.6 is 0 Å². The fourth-order valence-corrected chi connectivity index (χ4v) is 8.75. The second kappa shape index (κ2) is 82.3. The molecule has 666 valence electrons. The monoisotopic (exact) mass is 1640 g/mol. The summed E-state index contributed by atoms with van der Waals surface area (Å²) in [5.74, 6) is 7.42. The normalized spacial score (nSPS) is 15.2. The molecular weight excluding hydrogens is 1470 g/mol. The third-order valence-corrected chi connectivity index (χ3v) is 14.8. The summed E-state index contributed by atoms with van der Waals surface area (Å²) in [7, 11) is 1.75. The first-order valence-corrected chi connectivity index (χ1v) is 43.3. The lowest BCUT2D eigenvalue weighted by Crippen LogP contribution is -2.04. The summed E-state index contributed by atoms with van der Waals surface area (Å²) in [6.45, 7) is 59.0. The third-order valence-electron chi connectivity index (χ3n) is 14.8. The molecule has 6 atom stereocenters. The summed E-state index contributed by atoms with van der Waals surface area (Å²) >= 11 is 0. The van der Waals surface area contributed by atoms with Gasteiger partial charge in [0, 0.05) is 5.56 Å². The Morgan fingerprint density at radius 2 is 0.508 bits per heavy atom. The number of benzene rings is 9. The second-order valence-corrected chi connectivity index (χ2v) is 25.6. The molecule has 0 amide bonds. The lowest BCUT2D eigenvalue weighted by molar-refractivity contribution is 0.262. The molecule has 0 radical (unpaired) electrons. The highest BCUT2D eigenvalue weighted by molar-refractivity contribution is 5.90. The Morgan fingerprint density at radius 3 is 0.720 bits per heavy atom. The van der Waals surface area contributed by atoms with E-state index in [4.69, 9.17) is 61.6 Å². The molecule has 6 fully saturated rings. The Bertz CT molecular complexity index is 3160. The van der Waals surface area contributed by atoms with E-state index in [1.807, 2.05) is 266 Å². The van der Waals surface area contributed by atoms with Crippen LogP contribution in [0.25, 0.3) is 10.8 Å². The van der Waals surface area contributed by atoms with Gasteiger partial charge >= 0.3 is 0 Å². The molecule has 0 saturated carbocycles. The first kappa shape index (κ1) is 118. The molecule has 0 N–H and O–H groups in total. The van der Waals surface area contributed by atoms with Crippen molar-refractivity contribution in [1.82, 2.24) is 0 Å². The molecule has 0 spiro atoms. The van der Waals surface area contributed by atoms with Gasteiger partial charge in [0.25, 0.3) is 0 Å². The van der Waals surface area contributed by atoms with Crippen molar-refractivity contribution in [1.29, 1.82) is 0 Å². The van der Waals surface area contributed by atoms with Crippen molar-refractivity contribution >= 4 is 10.8 Å². The molecule has 118 heavy (non-hydrogen) atoms. The molecule has 0 bridgehead atoms. The van der Waals surface area contributed by atoms with Crippen LogP contribution in [0.2, 0.25) is 0 Å². The van der Waals surface area contributed by atoms with E-state index in [1.54, 1.807) is 7.11 Å². The lowest BCUT2D eigenvalue weighted by atomic mass is 9.96. The van der Waals surface area contributed by atoms with Gasteiger partial charge in [0.15, 0.2) is 0 Å². The summed E-state index contributed by atoms with van der Waals surface area (Å²) in [5, 5.41) is 2.70. The van der Waals surface area contributed by atoms with E-state index in [0.29, 0.717) is 76.3 Å². The Labute approximate surface area is 722 Å². The van der Waals surface area contributed by atoms with Gasteiger partial charge in [-0.25, -0.2) is 0 Å². The van der Waals surface area contributed by atoms with E-state index >= 15 is 0 Å². The van der Waals surface area contributed by atoms with Crippen LogP contribution in [-0.2, 0) is 54.1 Å². The summed E-state index contributed by atoms with van der Waals surface area (Å²) < 4.78 is 68.1. The van der Waals surface area contributed by atoms with Crippen molar-refractivity contribution in [3.8, 4) is 40.2 Å². The number of hydrogen-bond donors (Lipinski definition) is 0. The van der Waals surface area contributed by atoms with Crippen molar-refractivity contribution in [2.24, 2.45) is 5.92 Å². The zero-order valence-corrected chi connectivity index (χ0v) is 76.0. The number of epoxide rings is 6. The van der Waals surface area contributed by atoms with E-state index in [-0.39, 0.29) is 22.3 Å². The van der Waals surface area contributed by atoms with Gasteiger partial charge < -0.3 is 61.6 Å². The molecule has 6 saturated heterocycles. The molecule has 6 aliphatic rings. The number of methoxy groups -OCH3 is 1. The van der Waals surface area contributed by atoms with Gasteiger partial charge in [-0.05, 0) is 144 Å². The number of fused-ring (bicyclic) bond motifs is 1. The lowest BCUT2D eigenvalue weighted by Gasteiger charge is -2.13. The van der Waals surface area contributed by atoms with E-state index < -0.39 is 0 Å². The number of aryl methyl sites for hydroxylation is 5. The van der Waals surface area contributed by atoms with Crippen molar-refractivity contribution in [3.63, 3.8) is 0 Å². The first-order chi connectivity index (χ1) is 56.3. The minimum absolute atomic E-state index is 0. The zero-order chi connectivity index (χ0) is 85.9. The minimum Gasteiger partial charge on any atom is -0.496 e. The third kappa shape index (κ3) is 64.6. The average molecular weight is 1640 g/mol. The molecule has 15 rings (SSSR count). The molecular formula is C105H168O13. The van der Waals surface area contributed by atoms with E-state index in [1.165, 1.54) is 51.4 Å². The molecule has 9 aromatic carbocycles. The van der Waals surface area contributed by atoms with Crippen LogP contribution in [0.5, 0.6) is 40.2 Å². The van der Waals surface area contributed by atoms with Crippen molar-refractivity contribution in [2.75, 3.05) is 86.4 Å². The highest BCUT2D eigenvalue weighted by Crippen LogP contribution is 2.32. The summed E-state index contributed by atoms with van der Waals surface area (Å²) in [5.41, 5.74) is 6.72. The quantitative estimate of drug-likeness (QED) is 0.0562. The molecule has 6 aliphatic heterocycles. The van der Waals surface area contributed by atoms with Crippen LogP contribution < -0.4 is 33.2 Å². The van der Waals surface area contributed by atoms with Crippen molar-refractivity contribution < 1.29 is 61.6 Å². The molecule has 6 heterocycles. The maximum Gasteiger partial charge on any atom is 0.122 e. The maximum atomic E-state index is 5.54. The average Bonchev–Trinajstić information content (AvgIpc) is 1.73. The van der Waals surface area contributed by atoms with Crippen LogP contribution in [0, 0.1) is 12.8 Å². The Kier molecular flexibility index (Phi) is 82.4. The van der Waals surface area contributed by atoms with Crippen LogP contribution in [0.3, 0.4) is 0 Å². The van der Waals surface area contributed by atoms with Crippen LogP contribution in [0.1, 0.15) is 222 Å². The fourth-order valence-electron chi connectivity index (χ4n) is 8.75. The second-order valence-electron chi connectivity index (χ2n) is 25.6. The fraction of sp³-hybridized carbons (Fsp3) is 0.505. The van der Waals surface area contributed by atoms with Gasteiger partial charge in [-0.1, -0.05) is 352 Å². The minimum atomic E-state index is 0. The van der Waals surface area contributed by atoms with Crippen LogP contribution in [0.4, 0.5) is 0 Å². The van der Waals surface area contributed by atoms with Gasteiger partial charge in [0.1, 0.15) is 117 Å². The van der Waals surface area contributed by atoms with Gasteiger partial charge in [-0.15, -0.1) is 0 Å². The number of ether oxygens (including phenoxy) is 13. The number of rotatable bonds is 23. The SMILES string of the molecule is C.C.C.CC.CC.CC.CC.CC.CC.CC(C)C.CCC.CCC.CCc1cc(OC)c(CC)c2ccccc12.CCc1ccc(CC)cc1.Cc1ccccc1OCC1CO1.c1ccc(OCC2CO2)cc1.c1ccc(OCC2CO2)cc1.c1ccc(OCC2CO2)cc1.c1ccc(OCC2CO2)cc1.c1ccc(OCC2CO2)cc1. The van der Waals surface area contributed by atoms with Gasteiger partial charge in [0.05, 0.1) is 46.8 Å². The van der Waals surface area contributed by atoms with Gasteiger partial charge in [-0.2, -0.15) is 0 Å². The standard InChI is InChI=1S/C15H18O.C10H12O2.C10H14.5C9H10O2.C4H10.2C3H8.6C2H6.3CH4/c1-4-11-10-15(16-3)12(5-2)14-9-7-6-8-13(11)14;1-8-4-2-3-5-10(8)12-7-9-6-11-9;1-3-9-5-7-10(4-2)8-6-9;5*1-2-4-8(5-3-1)10-6-9-7-11-9;1-4(2)3;2*1-3-2;6*1-2;;;/h6-10H,4-5H2,1-3H3;2-5,9H,6-7H2,1H3;5-8H,3-4H2,1-2H3;5*1-5,9H,6-7H2;4H,1-3H3;2*3H2,1-2H3;6*1-2H3;3*1H4. The Balaban J connectivity index is -0.000000398. The van der Waals surface area contributed by atoms with Crippen molar-refractivity contribution in [3.05, 3.63) is 258 Å². The van der Waals surface area contributed by atoms with Crippen molar-refractivity contribution in [2.45, 2.75) is 264 Å². The summed E-state index contributed by atoms with van der Waals surface area (Å²) in [4.78, 5) is 0. The van der Waals surface area contributed by atoms with E-state index in [2.05, 4.69) is 131 Å². The zero-order valence-electron chi connectivity index (χ0n) is 76.0. The topological polar surface area (TPSA) is 140 Å². The Morgan fingerprint density at radius 1 is 0.288 bits per heavy atom. The highest BCUT2D eigenvalue weighted by Gasteiger charge is 2.26. The molecule has 0 aliphatic carbocycles. The molecule has 9 aromatic rings. The van der Waals surface area contributed by atoms with Crippen LogP contribution in [-0.4, -0.2) is 123 Å². The largest absolute Gasteiger partial charge is 0.496 e. The van der Waals surface area contributed by atoms with E-state index in [0.717, 1.165) is 111 Å². The molecule has 13 heteroatoms. The molecule has 6 unspecified atom stereocenters. The summed E-state index contributed by atoms with van der Waals surface area (Å²) in [6, 6.07) is 76.6. The van der Waals surface area contributed by atoms with Gasteiger partial charge in [-0.3, -0.25) is 0 Å². The predicted octanol–water partition coefficient (Wildman–Crippen LogP) is 28.4. The first-order valence-electron chi connectivity index (χ1n) is 43.3. The van der Waals surface area contributed by atoms with E-state index in [9.17, 15) is 0 Å². The highest BCUT2D eigenvalue weighted by atomic mass is 16.6. The maximum absolute atomic E-state index is 5.54. The number of para-hydroxylation sites is 6.